The second kappa shape index (κ2) is 11.9. The summed E-state index contributed by atoms with van der Waals surface area (Å²) >= 11 is 3.32. The summed E-state index contributed by atoms with van der Waals surface area (Å²) < 4.78 is 12.3. The zero-order valence-electron chi connectivity index (χ0n) is 20.6. The lowest BCUT2D eigenvalue weighted by Gasteiger charge is -2.26. The van der Waals surface area contributed by atoms with Gasteiger partial charge in [0.1, 0.15) is 30.3 Å². The van der Waals surface area contributed by atoms with Crippen LogP contribution in [0.1, 0.15) is 37.3 Å². The van der Waals surface area contributed by atoms with Crippen LogP contribution < -0.4 is 19.7 Å². The molecule has 0 bridgehead atoms. The number of hydrogen-bond donors (Lipinski definition) is 1. The Kier molecular flexibility index (Phi) is 8.40. The van der Waals surface area contributed by atoms with Crippen molar-refractivity contribution in [2.75, 3.05) is 18.1 Å². The molecule has 1 atom stereocenters. The van der Waals surface area contributed by atoms with Crippen LogP contribution in [0.4, 0.5) is 10.5 Å². The van der Waals surface area contributed by atoms with Gasteiger partial charge in [-0.25, -0.2) is 9.69 Å². The molecule has 0 unspecified atom stereocenters. The van der Waals surface area contributed by atoms with Crippen LogP contribution in [0.2, 0.25) is 0 Å². The maximum absolute atomic E-state index is 13.0. The number of halogens is 1. The van der Waals surface area contributed by atoms with E-state index in [1.807, 2.05) is 12.1 Å². The molecule has 190 valence electrons. The van der Waals surface area contributed by atoms with E-state index >= 15 is 0 Å². The summed E-state index contributed by atoms with van der Waals surface area (Å²) in [5, 5.41) is 2.22. The molecular formula is C29H27BrN2O5. The van der Waals surface area contributed by atoms with Crippen molar-refractivity contribution in [3.05, 3.63) is 94.0 Å². The van der Waals surface area contributed by atoms with Gasteiger partial charge in [-0.05, 0) is 78.1 Å². The van der Waals surface area contributed by atoms with Crippen molar-refractivity contribution in [3.63, 3.8) is 0 Å². The molecule has 1 heterocycles. The summed E-state index contributed by atoms with van der Waals surface area (Å²) in [5.74, 6) is 0.519. The minimum Gasteiger partial charge on any atom is -0.490 e. The highest BCUT2D eigenvalue weighted by atomic mass is 79.9. The molecule has 37 heavy (non-hydrogen) atoms. The Balaban J connectivity index is 1.34. The molecule has 4 rings (SSSR count). The van der Waals surface area contributed by atoms with Crippen molar-refractivity contribution in [3.8, 4) is 11.5 Å². The van der Waals surface area contributed by atoms with E-state index in [9.17, 15) is 14.4 Å². The van der Waals surface area contributed by atoms with Crippen molar-refractivity contribution in [2.24, 2.45) is 0 Å². The second-order valence-corrected chi connectivity index (χ2v) is 9.49. The number of ether oxygens (including phenoxy) is 2. The van der Waals surface area contributed by atoms with Gasteiger partial charge in [0, 0.05) is 4.47 Å². The summed E-state index contributed by atoms with van der Waals surface area (Å²) in [6.45, 7) is 5.12. The van der Waals surface area contributed by atoms with Gasteiger partial charge >= 0.3 is 6.03 Å². The average Bonchev–Trinajstić information content (AvgIpc) is 2.90. The minimum absolute atomic E-state index is 0.135. The van der Waals surface area contributed by atoms with Crippen LogP contribution >= 0.6 is 15.9 Å². The normalized spacial score (nSPS) is 15.5. The van der Waals surface area contributed by atoms with Gasteiger partial charge in [-0.15, -0.1) is 0 Å². The lowest BCUT2D eigenvalue weighted by molar-refractivity contribution is -0.122. The molecule has 1 fully saturated rings. The summed E-state index contributed by atoms with van der Waals surface area (Å²) in [6, 6.07) is 20.9. The maximum Gasteiger partial charge on any atom is 0.335 e. The average molecular weight is 563 g/mol. The van der Waals surface area contributed by atoms with Gasteiger partial charge in [0.2, 0.25) is 0 Å². The van der Waals surface area contributed by atoms with Crippen molar-refractivity contribution < 1.29 is 23.9 Å². The number of barbiturate groups is 1. The van der Waals surface area contributed by atoms with Crippen LogP contribution in [0.15, 0.2) is 82.8 Å². The molecule has 0 aliphatic carbocycles. The zero-order valence-corrected chi connectivity index (χ0v) is 22.2. The van der Waals surface area contributed by atoms with E-state index in [0.717, 1.165) is 21.5 Å². The van der Waals surface area contributed by atoms with Crippen LogP contribution in [0.25, 0.3) is 6.08 Å². The van der Waals surface area contributed by atoms with Crippen LogP contribution in [0, 0.1) is 0 Å². The van der Waals surface area contributed by atoms with E-state index in [1.165, 1.54) is 11.6 Å². The zero-order chi connectivity index (χ0) is 26.4. The standard InChI is InChI=1S/C29H27BrN2O5/c1-3-19(2)21-6-14-25(15-7-21)37-17-16-36-24-12-4-20(5-13-24)18-26-27(33)31-29(35)32(28(26)34)23-10-8-22(30)9-11-23/h4-15,18-19H,3,16-17H2,1-2H3,(H,31,33,35)/b26-18-/t19-/m0/s1. The topological polar surface area (TPSA) is 84.9 Å². The number of urea groups is 1. The van der Waals surface area contributed by atoms with E-state index in [0.29, 0.717) is 36.1 Å². The number of nitrogens with one attached hydrogen (secondary N) is 1. The third kappa shape index (κ3) is 6.46. The van der Waals surface area contributed by atoms with E-state index in [-0.39, 0.29) is 5.57 Å². The molecule has 0 saturated carbocycles. The Morgan fingerprint density at radius 3 is 2.00 bits per heavy atom. The molecule has 1 aliphatic rings. The fraction of sp³-hybridized carbons (Fsp3) is 0.207. The SMILES string of the molecule is CC[C@H](C)c1ccc(OCCOc2ccc(/C=C3/C(=O)NC(=O)N(c4ccc(Br)cc4)C3=O)cc2)cc1. The van der Waals surface area contributed by atoms with Gasteiger partial charge in [0.15, 0.2) is 0 Å². The first-order valence-corrected chi connectivity index (χ1v) is 12.8. The van der Waals surface area contributed by atoms with Crippen LogP contribution in [0.5, 0.6) is 11.5 Å². The summed E-state index contributed by atoms with van der Waals surface area (Å²) in [4.78, 5) is 38.6. The molecular weight excluding hydrogens is 536 g/mol. The maximum atomic E-state index is 13.0. The van der Waals surface area contributed by atoms with Gasteiger partial charge in [0.25, 0.3) is 11.8 Å². The lowest BCUT2D eigenvalue weighted by atomic mass is 9.99. The molecule has 8 heteroatoms. The third-order valence-corrected chi connectivity index (χ3v) is 6.59. The Hall–Kier alpha value is -3.91. The number of anilines is 1. The van der Waals surface area contributed by atoms with Crippen LogP contribution in [-0.2, 0) is 9.59 Å². The smallest absolute Gasteiger partial charge is 0.335 e. The van der Waals surface area contributed by atoms with E-state index in [1.54, 1.807) is 48.5 Å². The fourth-order valence-electron chi connectivity index (χ4n) is 3.76. The largest absolute Gasteiger partial charge is 0.490 e. The van der Waals surface area contributed by atoms with Crippen molar-refractivity contribution in [1.82, 2.24) is 5.32 Å². The number of benzene rings is 3. The quantitative estimate of drug-likeness (QED) is 0.194. The molecule has 1 aliphatic heterocycles. The number of hydrogen-bond acceptors (Lipinski definition) is 5. The summed E-state index contributed by atoms with van der Waals surface area (Å²) in [7, 11) is 0. The number of carbonyl (C=O) groups excluding carboxylic acids is 3. The van der Waals surface area contributed by atoms with E-state index in [4.69, 9.17) is 9.47 Å². The molecule has 1 N–H and O–H groups in total. The Morgan fingerprint density at radius 1 is 0.865 bits per heavy atom. The Bertz CT molecular complexity index is 1300. The molecule has 0 radical (unpaired) electrons. The molecule has 0 aromatic heterocycles. The van der Waals surface area contributed by atoms with Gasteiger partial charge in [-0.1, -0.05) is 54.0 Å². The van der Waals surface area contributed by atoms with Crippen LogP contribution in [0.3, 0.4) is 0 Å². The first kappa shape index (κ1) is 26.2. The van der Waals surface area contributed by atoms with E-state index in [2.05, 4.69) is 47.2 Å². The first-order chi connectivity index (χ1) is 17.9. The van der Waals surface area contributed by atoms with Crippen molar-refractivity contribution in [1.29, 1.82) is 0 Å². The molecule has 3 aromatic carbocycles. The molecule has 4 amide bonds. The Labute approximate surface area is 224 Å². The minimum atomic E-state index is -0.785. The van der Waals surface area contributed by atoms with Crippen molar-refractivity contribution >= 4 is 45.5 Å². The molecule has 1 saturated heterocycles. The van der Waals surface area contributed by atoms with Gasteiger partial charge in [0.05, 0.1) is 5.69 Å². The van der Waals surface area contributed by atoms with Gasteiger partial charge < -0.3 is 9.47 Å². The van der Waals surface area contributed by atoms with Crippen molar-refractivity contribution in [2.45, 2.75) is 26.2 Å². The monoisotopic (exact) mass is 562 g/mol. The number of rotatable bonds is 9. The highest BCUT2D eigenvalue weighted by Gasteiger charge is 2.36. The number of imide groups is 2. The predicted octanol–water partition coefficient (Wildman–Crippen LogP) is 6.09. The van der Waals surface area contributed by atoms with Gasteiger partial charge in [-0.3, -0.25) is 14.9 Å². The first-order valence-electron chi connectivity index (χ1n) is 12.0. The molecule has 3 aromatic rings. The second-order valence-electron chi connectivity index (χ2n) is 8.58. The number of amides is 4. The highest BCUT2D eigenvalue weighted by Crippen LogP contribution is 2.25. The lowest BCUT2D eigenvalue weighted by Crippen LogP contribution is -2.54. The highest BCUT2D eigenvalue weighted by molar-refractivity contribution is 9.10. The van der Waals surface area contributed by atoms with E-state index < -0.39 is 17.8 Å². The van der Waals surface area contributed by atoms with Crippen LogP contribution in [-0.4, -0.2) is 31.1 Å². The number of carbonyl (C=O) groups is 3. The summed E-state index contributed by atoms with van der Waals surface area (Å²) in [5.41, 5.74) is 2.14. The number of nitrogens with zero attached hydrogens (tertiary/aromatic N) is 1. The summed E-state index contributed by atoms with van der Waals surface area (Å²) in [6.07, 6.45) is 2.55. The fourth-order valence-corrected chi connectivity index (χ4v) is 4.02. The molecule has 7 nitrogen and oxygen atoms in total. The third-order valence-electron chi connectivity index (χ3n) is 6.06. The van der Waals surface area contributed by atoms with Gasteiger partial charge in [-0.2, -0.15) is 0 Å². The molecule has 0 spiro atoms. The predicted molar refractivity (Wildman–Crippen MR) is 146 cm³/mol. The Morgan fingerprint density at radius 2 is 1.43 bits per heavy atom.